The van der Waals surface area contributed by atoms with Crippen LogP contribution in [0.1, 0.15) is 49.3 Å². The Bertz CT molecular complexity index is 1170. The van der Waals surface area contributed by atoms with Crippen molar-refractivity contribution in [3.8, 4) is 0 Å². The molecule has 4 rings (SSSR count). The average molecular weight is 484 g/mol. The third kappa shape index (κ3) is 5.67. The molecule has 2 aromatic rings. The molecule has 0 atom stereocenters. The van der Waals surface area contributed by atoms with Gasteiger partial charge in [0, 0.05) is 44.7 Å². The van der Waals surface area contributed by atoms with Crippen LogP contribution in [0, 0.1) is 12.8 Å². The van der Waals surface area contributed by atoms with Crippen molar-refractivity contribution in [3.63, 3.8) is 0 Å². The van der Waals surface area contributed by atoms with Crippen molar-refractivity contribution < 1.29 is 18.0 Å². The van der Waals surface area contributed by atoms with Crippen LogP contribution >= 0.6 is 0 Å². The summed E-state index contributed by atoms with van der Waals surface area (Å²) in [5.41, 5.74) is 3.55. The molecule has 7 nitrogen and oxygen atoms in total. The Morgan fingerprint density at radius 1 is 1.00 bits per heavy atom. The number of nitrogens with zero attached hydrogens (tertiary/aromatic N) is 2. The van der Waals surface area contributed by atoms with E-state index in [0.29, 0.717) is 18.9 Å². The molecule has 1 fully saturated rings. The lowest BCUT2D eigenvalue weighted by Gasteiger charge is -2.30. The Morgan fingerprint density at radius 2 is 1.74 bits per heavy atom. The number of carbonyl (C=O) groups is 2. The lowest BCUT2D eigenvalue weighted by Crippen LogP contribution is -2.38. The summed E-state index contributed by atoms with van der Waals surface area (Å²) in [6, 6.07) is 12.6. The molecule has 2 amide bonds. The molecule has 2 aromatic carbocycles. The normalized spacial score (nSPS) is 16.5. The van der Waals surface area contributed by atoms with Crippen LogP contribution in [0.4, 0.5) is 5.69 Å². The lowest BCUT2D eigenvalue weighted by molar-refractivity contribution is -0.134. The van der Waals surface area contributed by atoms with Crippen molar-refractivity contribution in [2.24, 2.45) is 5.92 Å². The van der Waals surface area contributed by atoms with Crippen LogP contribution in [0.3, 0.4) is 0 Å². The SMILES string of the molecule is Cc1cccc(CNS(=O)(=O)c2ccc3c(c2)CCN3C(=O)CCC(=O)N2CCC(C)CC2)c1. The van der Waals surface area contributed by atoms with E-state index < -0.39 is 10.0 Å². The topological polar surface area (TPSA) is 86.8 Å². The smallest absolute Gasteiger partial charge is 0.240 e. The molecule has 2 aliphatic heterocycles. The molecule has 0 saturated carbocycles. The maximum atomic E-state index is 12.8. The highest BCUT2D eigenvalue weighted by Crippen LogP contribution is 2.31. The molecule has 0 aromatic heterocycles. The number of hydrogen-bond acceptors (Lipinski definition) is 4. The van der Waals surface area contributed by atoms with Gasteiger partial charge in [0.1, 0.15) is 0 Å². The first-order chi connectivity index (χ1) is 16.2. The predicted molar refractivity (Wildman–Crippen MR) is 132 cm³/mol. The predicted octanol–water partition coefficient (Wildman–Crippen LogP) is 3.40. The maximum Gasteiger partial charge on any atom is 0.240 e. The number of aryl methyl sites for hydroxylation is 1. The van der Waals surface area contributed by atoms with Crippen LogP contribution in [-0.4, -0.2) is 44.8 Å². The Labute approximate surface area is 202 Å². The summed E-state index contributed by atoms with van der Waals surface area (Å²) >= 11 is 0. The van der Waals surface area contributed by atoms with E-state index in [2.05, 4.69) is 11.6 Å². The standard InChI is InChI=1S/C26H33N3O4S/c1-19-10-13-28(14-11-19)25(30)8-9-26(31)29-15-12-22-17-23(6-7-24(22)29)34(32,33)27-18-21-5-3-4-20(2)16-21/h3-7,16-17,19,27H,8-15,18H2,1-2H3. The van der Waals surface area contributed by atoms with Gasteiger partial charge in [0.2, 0.25) is 21.8 Å². The van der Waals surface area contributed by atoms with Crippen LogP contribution in [0.15, 0.2) is 47.4 Å². The molecule has 0 radical (unpaired) electrons. The summed E-state index contributed by atoms with van der Waals surface area (Å²) in [5.74, 6) is 0.602. The van der Waals surface area contributed by atoms with Gasteiger partial charge in [-0.05, 0) is 61.4 Å². The third-order valence-corrected chi connectivity index (χ3v) is 8.19. The number of benzene rings is 2. The highest BCUT2D eigenvalue weighted by atomic mass is 32.2. The first kappa shape index (κ1) is 24.4. The quantitative estimate of drug-likeness (QED) is 0.654. The zero-order chi connectivity index (χ0) is 24.3. The van der Waals surface area contributed by atoms with Crippen LogP contribution < -0.4 is 9.62 Å². The Balaban J connectivity index is 1.36. The maximum absolute atomic E-state index is 12.8. The summed E-state index contributed by atoms with van der Waals surface area (Å²) in [6.45, 7) is 6.44. The minimum atomic E-state index is -3.67. The largest absolute Gasteiger partial charge is 0.343 e. The number of rotatable bonds is 7. The highest BCUT2D eigenvalue weighted by Gasteiger charge is 2.28. The second-order valence-electron chi connectivity index (χ2n) is 9.46. The lowest BCUT2D eigenvalue weighted by atomic mass is 9.99. The number of anilines is 1. The van der Waals surface area contributed by atoms with Crippen molar-refractivity contribution in [2.45, 2.75) is 57.4 Å². The van der Waals surface area contributed by atoms with Crippen LogP contribution in [0.5, 0.6) is 0 Å². The van der Waals surface area contributed by atoms with Crippen molar-refractivity contribution in [3.05, 3.63) is 59.2 Å². The molecule has 8 heteroatoms. The van der Waals surface area contributed by atoms with E-state index in [1.807, 2.05) is 36.1 Å². The van der Waals surface area contributed by atoms with E-state index in [-0.39, 0.29) is 36.1 Å². The van der Waals surface area contributed by atoms with E-state index in [0.717, 1.165) is 48.3 Å². The number of piperidine rings is 1. The van der Waals surface area contributed by atoms with E-state index in [9.17, 15) is 18.0 Å². The third-order valence-electron chi connectivity index (χ3n) is 6.80. The van der Waals surface area contributed by atoms with Gasteiger partial charge in [0.15, 0.2) is 0 Å². The van der Waals surface area contributed by atoms with E-state index >= 15 is 0 Å². The number of fused-ring (bicyclic) bond motifs is 1. The highest BCUT2D eigenvalue weighted by molar-refractivity contribution is 7.89. The van der Waals surface area contributed by atoms with Gasteiger partial charge in [0.25, 0.3) is 0 Å². The number of amides is 2. The molecule has 0 bridgehead atoms. The van der Waals surface area contributed by atoms with E-state index in [1.54, 1.807) is 23.1 Å². The first-order valence-corrected chi connectivity index (χ1v) is 13.5. The number of carbonyl (C=O) groups excluding carboxylic acids is 2. The second-order valence-corrected chi connectivity index (χ2v) is 11.2. The van der Waals surface area contributed by atoms with Crippen LogP contribution in [0.25, 0.3) is 0 Å². The van der Waals surface area contributed by atoms with Gasteiger partial charge in [0.05, 0.1) is 4.90 Å². The summed E-state index contributed by atoms with van der Waals surface area (Å²) in [4.78, 5) is 29.1. The molecular weight excluding hydrogens is 450 g/mol. The van der Waals surface area contributed by atoms with Crippen LogP contribution in [0.2, 0.25) is 0 Å². The Kier molecular flexibility index (Phi) is 7.38. The molecule has 1 saturated heterocycles. The summed E-state index contributed by atoms with van der Waals surface area (Å²) in [7, 11) is -3.67. The monoisotopic (exact) mass is 483 g/mol. The van der Waals surface area contributed by atoms with Gasteiger partial charge < -0.3 is 9.80 Å². The van der Waals surface area contributed by atoms with Crippen LogP contribution in [-0.2, 0) is 32.6 Å². The molecule has 0 spiro atoms. The summed E-state index contributed by atoms with van der Waals surface area (Å²) in [6.07, 6.45) is 3.02. The van der Waals surface area contributed by atoms with Gasteiger partial charge in [-0.25, -0.2) is 13.1 Å². The molecule has 34 heavy (non-hydrogen) atoms. The minimum absolute atomic E-state index is 0.0424. The first-order valence-electron chi connectivity index (χ1n) is 12.0. The number of nitrogens with one attached hydrogen (secondary N) is 1. The van der Waals surface area contributed by atoms with Crippen molar-refractivity contribution >= 4 is 27.5 Å². The molecular formula is C26H33N3O4S. The van der Waals surface area contributed by atoms with E-state index in [4.69, 9.17) is 0 Å². The second kappa shape index (κ2) is 10.3. The van der Waals surface area contributed by atoms with Gasteiger partial charge in [-0.15, -0.1) is 0 Å². The Hall–Kier alpha value is -2.71. The fraction of sp³-hybridized carbons (Fsp3) is 0.462. The van der Waals surface area contributed by atoms with Gasteiger partial charge in [-0.3, -0.25) is 9.59 Å². The molecule has 1 N–H and O–H groups in total. The van der Waals surface area contributed by atoms with Crippen molar-refractivity contribution in [1.29, 1.82) is 0 Å². The fourth-order valence-corrected chi connectivity index (χ4v) is 5.72. The van der Waals surface area contributed by atoms with Gasteiger partial charge in [-0.2, -0.15) is 0 Å². The fourth-order valence-electron chi connectivity index (χ4n) is 4.65. The van der Waals surface area contributed by atoms with Crippen molar-refractivity contribution in [1.82, 2.24) is 9.62 Å². The molecule has 0 unspecified atom stereocenters. The minimum Gasteiger partial charge on any atom is -0.343 e. The summed E-state index contributed by atoms with van der Waals surface area (Å²) in [5, 5.41) is 0. The number of sulfonamides is 1. The summed E-state index contributed by atoms with van der Waals surface area (Å²) < 4.78 is 28.3. The van der Waals surface area contributed by atoms with Gasteiger partial charge >= 0.3 is 0 Å². The molecule has 2 heterocycles. The van der Waals surface area contributed by atoms with Gasteiger partial charge in [-0.1, -0.05) is 36.8 Å². The van der Waals surface area contributed by atoms with Crippen molar-refractivity contribution in [2.75, 3.05) is 24.5 Å². The molecule has 2 aliphatic rings. The molecule has 182 valence electrons. The number of hydrogen-bond donors (Lipinski definition) is 1. The average Bonchev–Trinajstić information content (AvgIpc) is 3.25. The Morgan fingerprint density at radius 3 is 2.47 bits per heavy atom. The number of likely N-dealkylation sites (tertiary alicyclic amines) is 1. The van der Waals surface area contributed by atoms with E-state index in [1.165, 1.54) is 0 Å². The molecule has 0 aliphatic carbocycles. The zero-order valence-corrected chi connectivity index (χ0v) is 20.7. The zero-order valence-electron chi connectivity index (χ0n) is 19.9.